The van der Waals surface area contributed by atoms with Gasteiger partial charge in [0.25, 0.3) is 0 Å². The third kappa shape index (κ3) is 3.91. The van der Waals surface area contributed by atoms with Crippen LogP contribution in [-0.4, -0.2) is 37.1 Å². The lowest BCUT2D eigenvalue weighted by atomic mass is 10.3. The molecule has 0 spiro atoms. The average Bonchev–Trinajstić information content (AvgIpc) is 2.23. The molecule has 0 saturated carbocycles. The number of hydrogen-bond acceptors (Lipinski definition) is 5. The largest absolute Gasteiger partial charge is 0.390 e. The minimum Gasteiger partial charge on any atom is -0.390 e. The summed E-state index contributed by atoms with van der Waals surface area (Å²) in [6.07, 6.45) is -0.638. The van der Waals surface area contributed by atoms with Crippen LogP contribution < -0.4 is 5.32 Å². The molecule has 0 aliphatic carbocycles. The highest BCUT2D eigenvalue weighted by Crippen LogP contribution is 2.51. The van der Waals surface area contributed by atoms with Gasteiger partial charge in [0.05, 0.1) is 6.10 Å². The van der Waals surface area contributed by atoms with Crippen LogP contribution in [0.5, 0.6) is 0 Å². The molecule has 1 amide bonds. The van der Waals surface area contributed by atoms with E-state index in [1.807, 2.05) is 0 Å². The second kappa shape index (κ2) is 6.23. The Morgan fingerprint density at radius 1 is 1.47 bits per heavy atom. The molecular formula is C8H18NO5P. The van der Waals surface area contributed by atoms with Crippen LogP contribution in [0.3, 0.4) is 0 Å². The van der Waals surface area contributed by atoms with Crippen molar-refractivity contribution >= 4 is 13.5 Å². The molecule has 0 aliphatic rings. The fourth-order valence-corrected chi connectivity index (χ4v) is 2.69. The first-order valence-electron chi connectivity index (χ1n) is 4.57. The monoisotopic (exact) mass is 239 g/mol. The highest BCUT2D eigenvalue weighted by molar-refractivity contribution is 7.54. The van der Waals surface area contributed by atoms with E-state index in [2.05, 4.69) is 5.32 Å². The van der Waals surface area contributed by atoms with Gasteiger partial charge in [0.15, 0.2) is 5.78 Å². The quantitative estimate of drug-likeness (QED) is 0.666. The predicted octanol–water partition coefficient (Wildman–Crippen LogP) is 0.705. The summed E-state index contributed by atoms with van der Waals surface area (Å²) in [5.74, 6) is -1.43. The Balaban J connectivity index is 4.90. The first kappa shape index (κ1) is 14.6. The van der Waals surface area contributed by atoms with Gasteiger partial charge in [-0.3, -0.25) is 9.36 Å². The maximum atomic E-state index is 12.0. The van der Waals surface area contributed by atoms with Crippen molar-refractivity contribution in [1.82, 2.24) is 5.32 Å². The summed E-state index contributed by atoms with van der Waals surface area (Å²) >= 11 is 0. The molecule has 0 rings (SSSR count). The number of hydrogen-bond donors (Lipinski definition) is 2. The van der Waals surface area contributed by atoms with Gasteiger partial charge in [-0.15, -0.1) is 0 Å². The number of aliphatic hydroxyl groups excluding tert-OH is 1. The third-order valence-electron chi connectivity index (χ3n) is 1.98. The van der Waals surface area contributed by atoms with Crippen molar-refractivity contribution in [3.05, 3.63) is 0 Å². The second-order valence-electron chi connectivity index (χ2n) is 3.03. The van der Waals surface area contributed by atoms with Gasteiger partial charge >= 0.3 is 7.60 Å². The summed E-state index contributed by atoms with van der Waals surface area (Å²) in [5, 5.41) is 12.0. The Morgan fingerprint density at radius 2 is 1.93 bits per heavy atom. The fraction of sp³-hybridized carbons (Fsp3) is 0.875. The van der Waals surface area contributed by atoms with E-state index in [1.165, 1.54) is 21.1 Å². The molecule has 2 N–H and O–H groups in total. The average molecular weight is 239 g/mol. The number of nitrogens with one attached hydrogen (secondary N) is 1. The van der Waals surface area contributed by atoms with Gasteiger partial charge in [0.1, 0.15) is 0 Å². The van der Waals surface area contributed by atoms with Gasteiger partial charge in [-0.2, -0.15) is 0 Å². The summed E-state index contributed by atoms with van der Waals surface area (Å²) in [6, 6.07) is 0. The molecule has 2 atom stereocenters. The molecular weight excluding hydrogens is 221 g/mol. The Labute approximate surface area is 89.5 Å². The molecule has 90 valence electrons. The van der Waals surface area contributed by atoms with E-state index in [1.54, 1.807) is 6.92 Å². The molecule has 0 unspecified atom stereocenters. The fourth-order valence-electron chi connectivity index (χ4n) is 1.12. The van der Waals surface area contributed by atoms with E-state index >= 15 is 0 Å². The Kier molecular flexibility index (Phi) is 6.05. The van der Waals surface area contributed by atoms with Crippen LogP contribution >= 0.6 is 7.60 Å². The van der Waals surface area contributed by atoms with E-state index in [4.69, 9.17) is 9.05 Å². The van der Waals surface area contributed by atoms with Crippen LogP contribution in [-0.2, 0) is 18.4 Å². The highest BCUT2D eigenvalue weighted by Gasteiger charge is 2.39. The zero-order chi connectivity index (χ0) is 12.1. The number of amides is 1. The van der Waals surface area contributed by atoms with Gasteiger partial charge in [0, 0.05) is 21.1 Å². The van der Waals surface area contributed by atoms with E-state index < -0.39 is 25.4 Å². The number of carbonyl (C=O) groups excluding carboxylic acids is 1. The van der Waals surface area contributed by atoms with Crippen molar-refractivity contribution in [2.75, 3.05) is 14.2 Å². The molecule has 0 aromatic rings. The minimum absolute atomic E-state index is 0.335. The van der Waals surface area contributed by atoms with Gasteiger partial charge in [-0.25, -0.2) is 0 Å². The summed E-state index contributed by atoms with van der Waals surface area (Å²) < 4.78 is 21.4. The van der Waals surface area contributed by atoms with Crippen LogP contribution in [0.2, 0.25) is 0 Å². The molecule has 7 heteroatoms. The topological polar surface area (TPSA) is 84.9 Å². The number of rotatable bonds is 6. The summed E-state index contributed by atoms with van der Waals surface area (Å²) in [7, 11) is -1.08. The first-order chi connectivity index (χ1) is 6.91. The Morgan fingerprint density at radius 3 is 2.20 bits per heavy atom. The Bertz CT molecular complexity index is 249. The van der Waals surface area contributed by atoms with Crippen molar-refractivity contribution in [3.63, 3.8) is 0 Å². The van der Waals surface area contributed by atoms with Crippen LogP contribution in [0.25, 0.3) is 0 Å². The lowest BCUT2D eigenvalue weighted by molar-refractivity contribution is -0.120. The maximum Gasteiger partial charge on any atom is 0.354 e. The molecule has 0 aromatic heterocycles. The summed E-state index contributed by atoms with van der Waals surface area (Å²) in [4.78, 5) is 10.9. The number of aliphatic hydroxyl groups is 1. The predicted molar refractivity (Wildman–Crippen MR) is 55.5 cm³/mol. The molecule has 0 radical (unpaired) electrons. The van der Waals surface area contributed by atoms with Crippen LogP contribution in [0.4, 0.5) is 0 Å². The molecule has 0 saturated heterocycles. The van der Waals surface area contributed by atoms with Crippen molar-refractivity contribution < 1.29 is 23.5 Å². The van der Waals surface area contributed by atoms with Crippen molar-refractivity contribution in [2.45, 2.75) is 32.2 Å². The van der Waals surface area contributed by atoms with Crippen LogP contribution in [0, 0.1) is 0 Å². The molecule has 0 bridgehead atoms. The zero-order valence-electron chi connectivity index (χ0n) is 9.39. The molecule has 0 heterocycles. The molecule has 15 heavy (non-hydrogen) atoms. The normalized spacial score (nSPS) is 15.8. The lowest BCUT2D eigenvalue weighted by Crippen LogP contribution is -2.42. The Hall–Kier alpha value is -0.420. The highest BCUT2D eigenvalue weighted by atomic mass is 31.2. The third-order valence-corrected chi connectivity index (χ3v) is 4.16. The van der Waals surface area contributed by atoms with E-state index in [9.17, 15) is 14.5 Å². The minimum atomic E-state index is -3.50. The van der Waals surface area contributed by atoms with Gasteiger partial charge < -0.3 is 19.5 Å². The molecule has 6 nitrogen and oxygen atoms in total. The van der Waals surface area contributed by atoms with Crippen LogP contribution in [0.15, 0.2) is 0 Å². The lowest BCUT2D eigenvalue weighted by Gasteiger charge is -2.27. The van der Waals surface area contributed by atoms with Gasteiger partial charge in [-0.1, -0.05) is 6.92 Å². The zero-order valence-corrected chi connectivity index (χ0v) is 10.3. The maximum absolute atomic E-state index is 12.0. The smallest absolute Gasteiger partial charge is 0.354 e. The van der Waals surface area contributed by atoms with Gasteiger partial charge in [-0.05, 0) is 6.42 Å². The number of carbonyl (C=O) groups is 1. The molecule has 0 aliphatic heterocycles. The standard InChI is InChI=1S/C8H18NO5P/c1-5-7(11)8(9-6(2)10)15(12,13-3)14-4/h7-8,11H,5H2,1-4H3,(H,9,10)/t7-,8+/m1/s1. The first-order valence-corrected chi connectivity index (χ1v) is 6.18. The SMILES string of the molecule is CC[C@@H](O)[C@@H](NC(C)=O)P(=O)(OC)OC. The molecule has 0 fully saturated rings. The van der Waals surface area contributed by atoms with E-state index in [-0.39, 0.29) is 0 Å². The van der Waals surface area contributed by atoms with Crippen LogP contribution in [0.1, 0.15) is 20.3 Å². The molecule has 0 aromatic carbocycles. The summed E-state index contributed by atoms with van der Waals surface area (Å²) in [5.41, 5.74) is 0. The summed E-state index contributed by atoms with van der Waals surface area (Å²) in [6.45, 7) is 2.97. The van der Waals surface area contributed by atoms with E-state index in [0.717, 1.165) is 0 Å². The van der Waals surface area contributed by atoms with Crippen molar-refractivity contribution in [2.24, 2.45) is 0 Å². The van der Waals surface area contributed by atoms with Crippen molar-refractivity contribution in [3.8, 4) is 0 Å². The van der Waals surface area contributed by atoms with Gasteiger partial charge in [0.2, 0.25) is 5.91 Å². The van der Waals surface area contributed by atoms with Crippen molar-refractivity contribution in [1.29, 1.82) is 0 Å². The van der Waals surface area contributed by atoms with E-state index in [0.29, 0.717) is 6.42 Å². The second-order valence-corrected chi connectivity index (χ2v) is 5.39.